The van der Waals surface area contributed by atoms with Crippen LogP contribution in [0.2, 0.25) is 0 Å². The molecule has 0 atom stereocenters. The smallest absolute Gasteiger partial charge is 0.119 e. The van der Waals surface area contributed by atoms with E-state index in [1.54, 1.807) is 7.11 Å². The lowest BCUT2D eigenvalue weighted by Gasteiger charge is -2.07. The Hall–Kier alpha value is -1.10. The van der Waals surface area contributed by atoms with Crippen molar-refractivity contribution in [3.8, 4) is 5.75 Å². The van der Waals surface area contributed by atoms with Gasteiger partial charge in [-0.05, 0) is 24.1 Å². The Balaban J connectivity index is 2.14. The molecule has 0 aliphatic rings. The second kappa shape index (κ2) is 8.98. The number of aliphatic hydroxyl groups excluding tert-OH is 1. The number of rotatable bonds is 9. The Bertz CT molecular complexity index is 284. The van der Waals surface area contributed by atoms with E-state index < -0.39 is 0 Å². The van der Waals surface area contributed by atoms with E-state index in [2.05, 4.69) is 0 Å². The Morgan fingerprint density at radius 1 is 1.00 bits per heavy atom. The van der Waals surface area contributed by atoms with Gasteiger partial charge in [-0.1, -0.05) is 12.1 Å². The first-order chi connectivity index (χ1) is 8.36. The molecule has 4 heteroatoms. The summed E-state index contributed by atoms with van der Waals surface area (Å²) >= 11 is 0. The first-order valence-corrected chi connectivity index (χ1v) is 5.76. The van der Waals surface area contributed by atoms with Crippen LogP contribution in [0, 0.1) is 0 Å². The minimum atomic E-state index is 0.174. The summed E-state index contributed by atoms with van der Waals surface area (Å²) in [5.41, 5.74) is 1.11. The fourth-order valence-electron chi connectivity index (χ4n) is 1.34. The molecular weight excluding hydrogens is 220 g/mol. The highest BCUT2D eigenvalue weighted by Gasteiger charge is 1.95. The fraction of sp³-hybridized carbons (Fsp3) is 0.538. The molecule has 0 unspecified atom stereocenters. The molecule has 0 heterocycles. The van der Waals surface area contributed by atoms with Crippen LogP contribution in [0.5, 0.6) is 5.75 Å². The second-order valence-electron chi connectivity index (χ2n) is 3.57. The van der Waals surface area contributed by atoms with E-state index in [0.717, 1.165) is 11.3 Å². The molecule has 96 valence electrons. The zero-order valence-corrected chi connectivity index (χ0v) is 10.2. The summed E-state index contributed by atoms with van der Waals surface area (Å²) in [6.45, 7) is 2.46. The molecule has 4 nitrogen and oxygen atoms in total. The predicted molar refractivity (Wildman–Crippen MR) is 65.4 cm³/mol. The standard InChI is InChI=1S/C13H20O4/c1-15-8-9-16-10-11-17-13-4-2-12(3-5-13)6-7-14/h2-5,14H,6-11H2,1H3. The highest BCUT2D eigenvalue weighted by atomic mass is 16.5. The molecule has 1 aromatic rings. The van der Waals surface area contributed by atoms with Crippen molar-refractivity contribution in [1.82, 2.24) is 0 Å². The first kappa shape index (κ1) is 14.0. The summed E-state index contributed by atoms with van der Waals surface area (Å²) in [5.74, 6) is 0.821. The molecule has 0 radical (unpaired) electrons. The van der Waals surface area contributed by atoms with Crippen molar-refractivity contribution in [3.05, 3.63) is 29.8 Å². The Kier molecular flexibility index (Phi) is 7.38. The van der Waals surface area contributed by atoms with Crippen LogP contribution in [0.15, 0.2) is 24.3 Å². The topological polar surface area (TPSA) is 47.9 Å². The Labute approximate surface area is 102 Å². The van der Waals surface area contributed by atoms with Crippen LogP contribution in [0.25, 0.3) is 0 Å². The maximum atomic E-state index is 8.78. The molecular formula is C13H20O4. The van der Waals surface area contributed by atoms with Gasteiger partial charge in [-0.2, -0.15) is 0 Å². The molecule has 0 spiro atoms. The molecule has 1 N–H and O–H groups in total. The van der Waals surface area contributed by atoms with Gasteiger partial charge in [0.2, 0.25) is 0 Å². The van der Waals surface area contributed by atoms with Crippen LogP contribution in [-0.4, -0.2) is 45.3 Å². The molecule has 0 amide bonds. The zero-order chi connectivity index (χ0) is 12.3. The molecule has 0 aliphatic carbocycles. The van der Waals surface area contributed by atoms with Gasteiger partial charge in [-0.3, -0.25) is 0 Å². The molecule has 17 heavy (non-hydrogen) atoms. The largest absolute Gasteiger partial charge is 0.491 e. The van der Waals surface area contributed by atoms with Crippen LogP contribution < -0.4 is 4.74 Å². The van der Waals surface area contributed by atoms with Crippen LogP contribution in [-0.2, 0) is 15.9 Å². The molecule has 0 bridgehead atoms. The van der Waals surface area contributed by atoms with Crippen molar-refractivity contribution in [2.24, 2.45) is 0 Å². The monoisotopic (exact) mass is 240 g/mol. The summed E-state index contributed by atoms with van der Waals surface area (Å²) in [4.78, 5) is 0. The van der Waals surface area contributed by atoms with Gasteiger partial charge in [0.25, 0.3) is 0 Å². The van der Waals surface area contributed by atoms with E-state index in [9.17, 15) is 0 Å². The van der Waals surface area contributed by atoms with E-state index in [4.69, 9.17) is 19.3 Å². The molecule has 1 rings (SSSR count). The average Bonchev–Trinajstić information content (AvgIpc) is 2.36. The highest BCUT2D eigenvalue weighted by Crippen LogP contribution is 2.12. The van der Waals surface area contributed by atoms with E-state index in [0.29, 0.717) is 32.8 Å². The third-order valence-electron chi connectivity index (χ3n) is 2.25. The SMILES string of the molecule is COCCOCCOc1ccc(CCO)cc1. The lowest BCUT2D eigenvalue weighted by atomic mass is 10.1. The maximum Gasteiger partial charge on any atom is 0.119 e. The minimum Gasteiger partial charge on any atom is -0.491 e. The molecule has 0 saturated heterocycles. The third-order valence-corrected chi connectivity index (χ3v) is 2.25. The van der Waals surface area contributed by atoms with Crippen molar-refractivity contribution in [2.45, 2.75) is 6.42 Å². The average molecular weight is 240 g/mol. The molecule has 0 aromatic heterocycles. The van der Waals surface area contributed by atoms with E-state index in [1.807, 2.05) is 24.3 Å². The summed E-state index contributed by atoms with van der Waals surface area (Å²) in [6, 6.07) is 7.72. The van der Waals surface area contributed by atoms with Gasteiger partial charge in [0.1, 0.15) is 12.4 Å². The van der Waals surface area contributed by atoms with Crippen LogP contribution in [0.3, 0.4) is 0 Å². The lowest BCUT2D eigenvalue weighted by molar-refractivity contribution is 0.0544. The number of hydrogen-bond acceptors (Lipinski definition) is 4. The fourth-order valence-corrected chi connectivity index (χ4v) is 1.34. The molecule has 1 aromatic carbocycles. The van der Waals surface area contributed by atoms with Gasteiger partial charge in [-0.25, -0.2) is 0 Å². The Morgan fingerprint density at radius 2 is 1.71 bits per heavy atom. The number of aliphatic hydroxyl groups is 1. The van der Waals surface area contributed by atoms with Crippen molar-refractivity contribution >= 4 is 0 Å². The molecule has 0 fully saturated rings. The Morgan fingerprint density at radius 3 is 2.35 bits per heavy atom. The predicted octanol–water partition coefficient (Wildman–Crippen LogP) is 1.26. The first-order valence-electron chi connectivity index (χ1n) is 5.76. The van der Waals surface area contributed by atoms with E-state index in [-0.39, 0.29) is 6.61 Å². The lowest BCUT2D eigenvalue weighted by Crippen LogP contribution is -2.09. The number of hydrogen-bond donors (Lipinski definition) is 1. The summed E-state index contributed by atoms with van der Waals surface area (Å²) in [6.07, 6.45) is 0.681. The maximum absolute atomic E-state index is 8.78. The van der Waals surface area contributed by atoms with E-state index >= 15 is 0 Å². The van der Waals surface area contributed by atoms with Gasteiger partial charge in [0, 0.05) is 13.7 Å². The zero-order valence-electron chi connectivity index (χ0n) is 10.2. The van der Waals surface area contributed by atoms with Crippen molar-refractivity contribution in [3.63, 3.8) is 0 Å². The van der Waals surface area contributed by atoms with Gasteiger partial charge < -0.3 is 19.3 Å². The molecule has 0 aliphatic heterocycles. The van der Waals surface area contributed by atoms with Gasteiger partial charge >= 0.3 is 0 Å². The van der Waals surface area contributed by atoms with Crippen molar-refractivity contribution in [1.29, 1.82) is 0 Å². The summed E-state index contributed by atoms with van der Waals surface area (Å²) in [5, 5.41) is 8.78. The normalized spacial score (nSPS) is 10.5. The second-order valence-corrected chi connectivity index (χ2v) is 3.57. The number of benzene rings is 1. The van der Waals surface area contributed by atoms with Crippen LogP contribution in [0.4, 0.5) is 0 Å². The van der Waals surface area contributed by atoms with Crippen LogP contribution in [0.1, 0.15) is 5.56 Å². The number of methoxy groups -OCH3 is 1. The quantitative estimate of drug-likeness (QED) is 0.660. The third kappa shape index (κ3) is 6.26. The van der Waals surface area contributed by atoms with Gasteiger partial charge in [-0.15, -0.1) is 0 Å². The summed E-state index contributed by atoms with van der Waals surface area (Å²) in [7, 11) is 1.65. The van der Waals surface area contributed by atoms with Crippen LogP contribution >= 0.6 is 0 Å². The highest BCUT2D eigenvalue weighted by molar-refractivity contribution is 5.27. The van der Waals surface area contributed by atoms with E-state index in [1.165, 1.54) is 0 Å². The van der Waals surface area contributed by atoms with Crippen molar-refractivity contribution < 1.29 is 19.3 Å². The van der Waals surface area contributed by atoms with Gasteiger partial charge in [0.15, 0.2) is 0 Å². The van der Waals surface area contributed by atoms with Gasteiger partial charge in [0.05, 0.1) is 19.8 Å². The summed E-state index contributed by atoms with van der Waals surface area (Å²) < 4.78 is 15.6. The number of ether oxygens (including phenoxy) is 3. The molecule has 0 saturated carbocycles. The van der Waals surface area contributed by atoms with Crippen molar-refractivity contribution in [2.75, 3.05) is 40.1 Å². The minimum absolute atomic E-state index is 0.174.